The lowest BCUT2D eigenvalue weighted by Gasteiger charge is -2.35. The van der Waals surface area contributed by atoms with Gasteiger partial charge in [0.1, 0.15) is 5.84 Å². The molecular weight excluding hydrogens is 352 g/mol. The smallest absolute Gasteiger partial charge is 0.150 e. The van der Waals surface area contributed by atoms with Crippen LogP contribution in [0.5, 0.6) is 0 Å². The zero-order chi connectivity index (χ0) is 18.5. The van der Waals surface area contributed by atoms with Crippen LogP contribution in [0.1, 0.15) is 42.4 Å². The molecule has 0 radical (unpaired) electrons. The third kappa shape index (κ3) is 2.68. The summed E-state index contributed by atoms with van der Waals surface area (Å²) in [4.78, 5) is 5.15. The molecule has 138 valence electrons. The molecule has 3 aliphatic rings. The fourth-order valence-corrected chi connectivity index (χ4v) is 6.02. The summed E-state index contributed by atoms with van der Waals surface area (Å²) >= 11 is 1.81. The molecule has 0 saturated carbocycles. The molecule has 2 bridgehead atoms. The number of nitrogens with zero attached hydrogens (tertiary/aromatic N) is 2. The number of nitrogens with two attached hydrogens (primary N) is 2. The second kappa shape index (κ2) is 6.43. The highest BCUT2D eigenvalue weighted by atomic mass is 32.2. The van der Waals surface area contributed by atoms with E-state index in [2.05, 4.69) is 53.4 Å². The van der Waals surface area contributed by atoms with Gasteiger partial charge in [-0.15, -0.1) is 0 Å². The Bertz CT molecular complexity index is 962. The number of hydrogen-bond acceptors (Lipinski definition) is 4. The molecule has 2 aromatic carbocycles. The second-order valence-electron chi connectivity index (χ2n) is 7.76. The highest BCUT2D eigenvalue weighted by Gasteiger charge is 2.38. The van der Waals surface area contributed by atoms with Crippen LogP contribution in [-0.4, -0.2) is 29.9 Å². The van der Waals surface area contributed by atoms with Gasteiger partial charge in [-0.05, 0) is 61.6 Å². The minimum Gasteiger partial charge on any atom is -0.382 e. The monoisotopic (exact) mass is 376 g/mol. The normalized spacial score (nSPS) is 27.4. The number of benzene rings is 2. The number of piperidine rings is 1. The lowest BCUT2D eigenvalue weighted by Crippen LogP contribution is -2.37. The van der Waals surface area contributed by atoms with Crippen LogP contribution in [0.2, 0.25) is 0 Å². The largest absolute Gasteiger partial charge is 0.382 e. The fourth-order valence-electron chi connectivity index (χ4n) is 4.89. The maximum atomic E-state index is 5.96. The van der Waals surface area contributed by atoms with Crippen LogP contribution in [0.25, 0.3) is 5.57 Å². The Balaban J connectivity index is 1.69. The zero-order valence-electron chi connectivity index (χ0n) is 15.5. The predicted molar refractivity (Wildman–Crippen MR) is 112 cm³/mol. The minimum atomic E-state index is 0.379. The summed E-state index contributed by atoms with van der Waals surface area (Å²) in [7, 11) is 2.30. The molecule has 2 aromatic rings. The summed E-state index contributed by atoms with van der Waals surface area (Å²) in [5.74, 6) is 5.77. The van der Waals surface area contributed by atoms with E-state index < -0.39 is 0 Å². The summed E-state index contributed by atoms with van der Waals surface area (Å²) in [6, 6.07) is 16.5. The van der Waals surface area contributed by atoms with Crippen LogP contribution in [-0.2, 0) is 0 Å². The molecule has 0 aromatic heterocycles. The van der Waals surface area contributed by atoms with Gasteiger partial charge in [0.2, 0.25) is 0 Å². The lowest BCUT2D eigenvalue weighted by atomic mass is 9.85. The highest BCUT2D eigenvalue weighted by Crippen LogP contribution is 2.50. The van der Waals surface area contributed by atoms with Gasteiger partial charge < -0.3 is 11.6 Å². The van der Waals surface area contributed by atoms with Crippen LogP contribution < -0.4 is 11.6 Å². The molecule has 4 nitrogen and oxygen atoms in total. The number of fused-ring (bicyclic) bond motifs is 4. The number of hydrazone groups is 1. The summed E-state index contributed by atoms with van der Waals surface area (Å²) in [5.41, 5.74) is 12.6. The van der Waals surface area contributed by atoms with Gasteiger partial charge in [-0.25, -0.2) is 0 Å². The van der Waals surface area contributed by atoms with Crippen LogP contribution in [0.4, 0.5) is 0 Å². The summed E-state index contributed by atoms with van der Waals surface area (Å²) in [6.45, 7) is 0. The number of amidine groups is 1. The van der Waals surface area contributed by atoms with Crippen LogP contribution in [0.3, 0.4) is 0 Å². The molecule has 3 heterocycles. The summed E-state index contributed by atoms with van der Waals surface area (Å²) in [6.07, 6.45) is 5.00. The molecule has 0 spiro atoms. The molecule has 2 fully saturated rings. The third-order valence-corrected chi connectivity index (χ3v) is 7.50. The first-order chi connectivity index (χ1) is 13.2. The Morgan fingerprint density at radius 3 is 2.48 bits per heavy atom. The minimum absolute atomic E-state index is 0.379. The molecule has 5 heteroatoms. The van der Waals surface area contributed by atoms with Gasteiger partial charge in [-0.1, -0.05) is 47.7 Å². The van der Waals surface area contributed by atoms with E-state index in [9.17, 15) is 0 Å². The maximum Gasteiger partial charge on any atom is 0.150 e. The Morgan fingerprint density at radius 1 is 1.04 bits per heavy atom. The Hall–Kier alpha value is -2.24. The topological polar surface area (TPSA) is 67.6 Å². The standard InChI is InChI=1S/C22H24N4S/c1-26-15-7-8-16(26)11-14(10-15)21-17-4-2-3-5-19(17)27-20-12-13(22(23)25-24)6-9-18(20)21/h2-6,9,12,15-16H,7-8,10-11,24H2,1H3,(H2,23,25)/t15-,16+. The Labute approximate surface area is 164 Å². The van der Waals surface area contributed by atoms with Crippen LogP contribution in [0, 0.1) is 0 Å². The van der Waals surface area contributed by atoms with Crippen LogP contribution in [0.15, 0.2) is 62.9 Å². The van der Waals surface area contributed by atoms with Crippen molar-refractivity contribution in [3.63, 3.8) is 0 Å². The molecule has 5 rings (SSSR count). The summed E-state index contributed by atoms with van der Waals surface area (Å²) in [5, 5.41) is 3.66. The van der Waals surface area contributed by atoms with E-state index in [4.69, 9.17) is 11.6 Å². The Morgan fingerprint density at radius 2 is 1.74 bits per heavy atom. The predicted octanol–water partition coefficient (Wildman–Crippen LogP) is 3.79. The quantitative estimate of drug-likeness (QED) is 0.293. The van der Waals surface area contributed by atoms with E-state index in [1.54, 1.807) is 5.57 Å². The average Bonchev–Trinajstić information content (AvgIpc) is 2.91. The fraction of sp³-hybridized carbons (Fsp3) is 0.318. The number of hydrogen-bond donors (Lipinski definition) is 2. The van der Waals surface area contributed by atoms with Gasteiger partial charge in [0, 0.05) is 27.4 Å². The lowest BCUT2D eigenvalue weighted by molar-refractivity contribution is 0.210. The maximum absolute atomic E-state index is 5.96. The van der Waals surface area contributed by atoms with Crippen molar-refractivity contribution in [2.75, 3.05) is 7.05 Å². The molecule has 3 aliphatic heterocycles. The molecule has 2 atom stereocenters. The number of rotatable bonds is 1. The highest BCUT2D eigenvalue weighted by molar-refractivity contribution is 7.99. The van der Waals surface area contributed by atoms with Gasteiger partial charge in [0.25, 0.3) is 0 Å². The van der Waals surface area contributed by atoms with Crippen molar-refractivity contribution >= 4 is 23.2 Å². The van der Waals surface area contributed by atoms with E-state index in [0.717, 1.165) is 5.56 Å². The first-order valence-corrected chi connectivity index (χ1v) is 10.4. The first kappa shape index (κ1) is 16.9. The average molecular weight is 377 g/mol. The van der Waals surface area contributed by atoms with Gasteiger partial charge in [-0.2, -0.15) is 5.10 Å². The van der Waals surface area contributed by atoms with Gasteiger partial charge in [0.15, 0.2) is 0 Å². The zero-order valence-corrected chi connectivity index (χ0v) is 16.3. The molecule has 4 N–H and O–H groups in total. The van der Waals surface area contributed by atoms with Crippen LogP contribution >= 0.6 is 11.8 Å². The first-order valence-electron chi connectivity index (χ1n) is 9.55. The van der Waals surface area contributed by atoms with E-state index in [0.29, 0.717) is 17.9 Å². The van der Waals surface area contributed by atoms with Crippen molar-refractivity contribution in [2.24, 2.45) is 16.7 Å². The van der Waals surface area contributed by atoms with Gasteiger partial charge >= 0.3 is 0 Å². The summed E-state index contributed by atoms with van der Waals surface area (Å²) < 4.78 is 0. The van der Waals surface area contributed by atoms with Crippen molar-refractivity contribution in [3.05, 3.63) is 64.7 Å². The van der Waals surface area contributed by atoms with Gasteiger partial charge in [-0.3, -0.25) is 4.90 Å². The third-order valence-electron chi connectivity index (χ3n) is 6.36. The molecule has 0 aliphatic carbocycles. The van der Waals surface area contributed by atoms with Crippen molar-refractivity contribution in [2.45, 2.75) is 47.6 Å². The second-order valence-corrected chi connectivity index (χ2v) is 8.84. The molecule has 0 amide bonds. The molecule has 27 heavy (non-hydrogen) atoms. The molecule has 2 saturated heterocycles. The van der Waals surface area contributed by atoms with Gasteiger partial charge in [0.05, 0.1) is 0 Å². The van der Waals surface area contributed by atoms with Crippen molar-refractivity contribution in [1.29, 1.82) is 0 Å². The molecule has 0 unspecified atom stereocenters. The molecular formula is C22H24N4S. The van der Waals surface area contributed by atoms with E-state index >= 15 is 0 Å². The van der Waals surface area contributed by atoms with E-state index in [-0.39, 0.29) is 0 Å². The van der Waals surface area contributed by atoms with E-state index in [1.165, 1.54) is 52.2 Å². The Kier molecular flexibility index (Phi) is 4.02. The van der Waals surface area contributed by atoms with Crippen molar-refractivity contribution in [3.8, 4) is 0 Å². The SMILES string of the molecule is CN1[C@@H]2CC[C@H]1CC(=C1c3ccccc3Sc3cc(/C(N)=N/N)ccc31)C2. The van der Waals surface area contributed by atoms with Crippen molar-refractivity contribution in [1.82, 2.24) is 4.90 Å². The van der Waals surface area contributed by atoms with E-state index in [1.807, 2.05) is 17.8 Å². The van der Waals surface area contributed by atoms with Crippen molar-refractivity contribution < 1.29 is 0 Å².